The van der Waals surface area contributed by atoms with Gasteiger partial charge < -0.3 is 10.1 Å². The molecule has 148 valence electrons. The number of benzene rings is 1. The summed E-state index contributed by atoms with van der Waals surface area (Å²) in [7, 11) is 1.72. The Morgan fingerprint density at radius 2 is 2.14 bits per heavy atom. The Morgan fingerprint density at radius 1 is 1.36 bits per heavy atom. The van der Waals surface area contributed by atoms with Crippen LogP contribution in [0.3, 0.4) is 0 Å². The number of hydrogen-bond acceptors (Lipinski definition) is 7. The van der Waals surface area contributed by atoms with Crippen molar-refractivity contribution in [3.8, 4) is 6.01 Å². The lowest BCUT2D eigenvalue weighted by atomic mass is 10.0. The summed E-state index contributed by atoms with van der Waals surface area (Å²) in [4.78, 5) is 21.1. The number of aromatic nitrogens is 3. The number of nitrogens with zero attached hydrogens (tertiary/aromatic N) is 4. The van der Waals surface area contributed by atoms with Crippen molar-refractivity contribution in [2.45, 2.75) is 38.7 Å². The first-order chi connectivity index (χ1) is 13.6. The molecule has 1 aliphatic rings. The third kappa shape index (κ3) is 4.10. The molecular formula is C19H24N6O2S. The van der Waals surface area contributed by atoms with Crippen molar-refractivity contribution in [1.29, 1.82) is 0 Å². The summed E-state index contributed by atoms with van der Waals surface area (Å²) in [5.74, 6) is 6.49. The molecule has 2 aromatic heterocycles. The summed E-state index contributed by atoms with van der Waals surface area (Å²) in [6, 6.07) is 8.07. The Kier molecular flexibility index (Phi) is 5.45. The molecule has 1 saturated carbocycles. The minimum atomic E-state index is 0.0419. The van der Waals surface area contributed by atoms with E-state index in [4.69, 9.17) is 10.6 Å². The number of anilines is 1. The van der Waals surface area contributed by atoms with E-state index in [9.17, 15) is 4.79 Å². The fourth-order valence-corrected chi connectivity index (χ4v) is 4.32. The van der Waals surface area contributed by atoms with E-state index < -0.39 is 0 Å². The average molecular weight is 401 g/mol. The maximum Gasteiger partial charge on any atom is 0.318 e. The van der Waals surface area contributed by atoms with Crippen molar-refractivity contribution >= 4 is 33.4 Å². The van der Waals surface area contributed by atoms with Crippen LogP contribution in [0.1, 0.15) is 37.8 Å². The first kappa shape index (κ1) is 18.7. The van der Waals surface area contributed by atoms with E-state index >= 15 is 0 Å². The zero-order chi connectivity index (χ0) is 19.5. The molecule has 0 radical (unpaired) electrons. The second kappa shape index (κ2) is 8.15. The van der Waals surface area contributed by atoms with E-state index in [2.05, 4.69) is 15.3 Å². The number of nitrogens with two attached hydrogens (primary N) is 1. The molecule has 0 saturated heterocycles. The van der Waals surface area contributed by atoms with Gasteiger partial charge in [-0.3, -0.25) is 4.79 Å². The standard InChI is InChI=1S/C19H24N6O2S/c1-24(20)25-16-9-5-4-8-15(16)22-19(25)27-11-14-12-28-18(21-14)23-17(26)10-13-6-2-3-7-13/h4-5,8-9,12-13H,2-3,6-7,10-11,20H2,1H3,(H,21,23,26). The summed E-state index contributed by atoms with van der Waals surface area (Å²) in [5.41, 5.74) is 2.40. The maximum absolute atomic E-state index is 12.2. The van der Waals surface area contributed by atoms with Crippen LogP contribution in [0.5, 0.6) is 6.01 Å². The summed E-state index contributed by atoms with van der Waals surface area (Å²) >= 11 is 1.40. The van der Waals surface area contributed by atoms with Gasteiger partial charge in [-0.15, -0.1) is 11.3 Å². The Labute approximate surface area is 167 Å². The van der Waals surface area contributed by atoms with Gasteiger partial charge in [-0.05, 0) is 30.9 Å². The van der Waals surface area contributed by atoms with Gasteiger partial charge in [0.05, 0.1) is 16.7 Å². The maximum atomic E-state index is 12.2. The van der Waals surface area contributed by atoms with Gasteiger partial charge in [-0.2, -0.15) is 9.66 Å². The van der Waals surface area contributed by atoms with Crippen LogP contribution in [0.4, 0.5) is 5.13 Å². The van der Waals surface area contributed by atoms with Crippen LogP contribution in [0.25, 0.3) is 11.0 Å². The largest absolute Gasteiger partial charge is 0.457 e. The normalized spacial score (nSPS) is 14.5. The molecule has 3 N–H and O–H groups in total. The van der Waals surface area contributed by atoms with Crippen LogP contribution >= 0.6 is 11.3 Å². The van der Waals surface area contributed by atoms with Crippen LogP contribution in [-0.4, -0.2) is 27.6 Å². The first-order valence-corrected chi connectivity index (χ1v) is 10.3. The second-order valence-electron chi connectivity index (χ2n) is 7.10. The van der Waals surface area contributed by atoms with Gasteiger partial charge in [0.2, 0.25) is 5.91 Å². The topological polar surface area (TPSA) is 98.3 Å². The number of para-hydroxylation sites is 2. The fourth-order valence-electron chi connectivity index (χ4n) is 3.61. The van der Waals surface area contributed by atoms with Crippen LogP contribution in [0.2, 0.25) is 0 Å². The van der Waals surface area contributed by atoms with Gasteiger partial charge in [-0.25, -0.2) is 15.9 Å². The number of imidazole rings is 1. The predicted octanol–water partition coefficient (Wildman–Crippen LogP) is 3.03. The molecule has 0 aliphatic heterocycles. The third-order valence-corrected chi connectivity index (χ3v) is 5.73. The third-order valence-electron chi connectivity index (χ3n) is 4.92. The van der Waals surface area contributed by atoms with E-state index in [1.807, 2.05) is 29.6 Å². The fraction of sp³-hybridized carbons (Fsp3) is 0.421. The van der Waals surface area contributed by atoms with E-state index in [0.29, 0.717) is 23.5 Å². The number of ether oxygens (including phenoxy) is 1. The highest BCUT2D eigenvalue weighted by Crippen LogP contribution is 2.28. The molecule has 0 bridgehead atoms. The van der Waals surface area contributed by atoms with Crippen molar-refractivity contribution in [3.05, 3.63) is 35.3 Å². The molecule has 0 unspecified atom stereocenters. The number of carbonyl (C=O) groups is 1. The summed E-state index contributed by atoms with van der Waals surface area (Å²) in [6.07, 6.45) is 5.36. The van der Waals surface area contributed by atoms with Crippen molar-refractivity contribution in [3.63, 3.8) is 0 Å². The van der Waals surface area contributed by atoms with Gasteiger partial charge in [0.15, 0.2) is 5.13 Å². The first-order valence-electron chi connectivity index (χ1n) is 9.43. The number of nitrogens with one attached hydrogen (secondary N) is 1. The number of thiazole rings is 1. The molecule has 9 heteroatoms. The molecule has 1 fully saturated rings. The zero-order valence-corrected chi connectivity index (χ0v) is 16.6. The van der Waals surface area contributed by atoms with Gasteiger partial charge in [0.25, 0.3) is 0 Å². The Morgan fingerprint density at radius 3 is 2.93 bits per heavy atom. The number of hydrogen-bond donors (Lipinski definition) is 2. The monoisotopic (exact) mass is 400 g/mol. The molecule has 1 aliphatic carbocycles. The Bertz CT molecular complexity index is 960. The minimum absolute atomic E-state index is 0.0419. The lowest BCUT2D eigenvalue weighted by Crippen LogP contribution is -2.37. The Balaban J connectivity index is 1.39. The molecular weight excluding hydrogens is 376 g/mol. The number of carbonyl (C=O) groups excluding carboxylic acids is 1. The number of amides is 1. The van der Waals surface area contributed by atoms with Gasteiger partial charge in [0, 0.05) is 18.8 Å². The Hall–Kier alpha value is -2.65. The lowest BCUT2D eigenvalue weighted by molar-refractivity contribution is -0.117. The summed E-state index contributed by atoms with van der Waals surface area (Å²) in [6.45, 7) is 0.242. The van der Waals surface area contributed by atoms with E-state index in [0.717, 1.165) is 29.6 Å². The van der Waals surface area contributed by atoms with Crippen molar-refractivity contribution < 1.29 is 9.53 Å². The van der Waals surface area contributed by atoms with Gasteiger partial charge >= 0.3 is 6.01 Å². The molecule has 28 heavy (non-hydrogen) atoms. The average Bonchev–Trinajstić information content (AvgIpc) is 3.39. The molecule has 0 atom stereocenters. The van der Waals surface area contributed by atoms with Crippen molar-refractivity contribution in [2.75, 3.05) is 17.5 Å². The zero-order valence-electron chi connectivity index (χ0n) is 15.8. The molecule has 1 amide bonds. The van der Waals surface area contributed by atoms with Crippen molar-refractivity contribution in [1.82, 2.24) is 14.6 Å². The smallest absolute Gasteiger partial charge is 0.318 e. The highest BCUT2D eigenvalue weighted by atomic mass is 32.1. The van der Waals surface area contributed by atoms with Gasteiger partial charge in [0.1, 0.15) is 6.61 Å². The van der Waals surface area contributed by atoms with Crippen LogP contribution in [0.15, 0.2) is 29.6 Å². The summed E-state index contributed by atoms with van der Waals surface area (Å²) < 4.78 is 7.56. The number of hydrazine groups is 1. The minimum Gasteiger partial charge on any atom is -0.457 e. The molecule has 3 aromatic rings. The lowest BCUT2D eigenvalue weighted by Gasteiger charge is -2.16. The predicted molar refractivity (Wildman–Crippen MR) is 110 cm³/mol. The van der Waals surface area contributed by atoms with Gasteiger partial charge in [-0.1, -0.05) is 25.0 Å². The number of fused-ring (bicyclic) bond motifs is 1. The molecule has 8 nitrogen and oxygen atoms in total. The van der Waals surface area contributed by atoms with E-state index in [-0.39, 0.29) is 12.5 Å². The van der Waals surface area contributed by atoms with Crippen LogP contribution in [-0.2, 0) is 11.4 Å². The quantitative estimate of drug-likeness (QED) is 0.467. The highest BCUT2D eigenvalue weighted by molar-refractivity contribution is 7.13. The molecule has 0 spiro atoms. The molecule has 4 rings (SSSR count). The van der Waals surface area contributed by atoms with E-state index in [1.54, 1.807) is 11.7 Å². The SMILES string of the molecule is CN(N)n1c(OCc2csc(NC(=O)CC3CCCC3)n2)nc2ccccc21. The van der Waals surface area contributed by atoms with Crippen LogP contribution in [0, 0.1) is 5.92 Å². The second-order valence-corrected chi connectivity index (χ2v) is 7.96. The number of rotatable bonds is 7. The highest BCUT2D eigenvalue weighted by Gasteiger charge is 2.19. The summed E-state index contributed by atoms with van der Waals surface area (Å²) in [5, 5.41) is 6.82. The van der Waals surface area contributed by atoms with Crippen LogP contribution < -0.4 is 21.0 Å². The van der Waals surface area contributed by atoms with E-state index in [1.165, 1.54) is 29.3 Å². The molecule has 2 heterocycles. The van der Waals surface area contributed by atoms with Crippen molar-refractivity contribution in [2.24, 2.45) is 11.8 Å². The molecule has 1 aromatic carbocycles.